The van der Waals surface area contributed by atoms with Crippen molar-refractivity contribution in [3.8, 4) is 0 Å². The smallest absolute Gasteiger partial charge is 0.205 e. The highest BCUT2D eigenvalue weighted by Crippen LogP contribution is 2.32. The van der Waals surface area contributed by atoms with E-state index in [0.29, 0.717) is 21.2 Å². The predicted molar refractivity (Wildman–Crippen MR) is 82.3 cm³/mol. The van der Waals surface area contributed by atoms with Crippen LogP contribution in [-0.4, -0.2) is 5.78 Å². The molecule has 0 spiro atoms. The molecule has 0 amide bonds. The Morgan fingerprint density at radius 3 is 2.47 bits per heavy atom. The van der Waals surface area contributed by atoms with Crippen LogP contribution in [0.1, 0.15) is 40.9 Å². The average molecular weight is 294 g/mol. The minimum Gasteiger partial charge on any atom is -0.397 e. The molecule has 2 rings (SSSR count). The third kappa shape index (κ3) is 2.82. The first-order chi connectivity index (χ1) is 8.80. The molecule has 0 saturated heterocycles. The van der Waals surface area contributed by atoms with Gasteiger partial charge in [-0.1, -0.05) is 38.4 Å². The Hall–Kier alpha value is -1.32. The van der Waals surface area contributed by atoms with Crippen LogP contribution in [0.15, 0.2) is 30.3 Å². The fraction of sp³-hybridized carbons (Fsp3) is 0.267. The number of carbonyl (C=O) groups is 1. The molecule has 0 aliphatic heterocycles. The standard InChI is InChI=1S/C15H16ClNOS/c1-15(2,3)12-8-7-11(19-12)14(18)9-5-4-6-10(16)13(9)17/h4-8H,17H2,1-3H3. The normalized spacial score (nSPS) is 11.6. The summed E-state index contributed by atoms with van der Waals surface area (Å²) in [5.74, 6) is -0.0690. The van der Waals surface area contributed by atoms with Crippen molar-refractivity contribution in [3.63, 3.8) is 0 Å². The van der Waals surface area contributed by atoms with Gasteiger partial charge in [-0.2, -0.15) is 0 Å². The van der Waals surface area contributed by atoms with Crippen molar-refractivity contribution in [2.24, 2.45) is 0 Å². The van der Waals surface area contributed by atoms with Crippen molar-refractivity contribution in [2.75, 3.05) is 5.73 Å². The van der Waals surface area contributed by atoms with Gasteiger partial charge >= 0.3 is 0 Å². The highest BCUT2D eigenvalue weighted by molar-refractivity contribution is 7.14. The second-order valence-corrected chi connectivity index (χ2v) is 6.94. The first-order valence-electron chi connectivity index (χ1n) is 5.99. The maximum atomic E-state index is 12.4. The molecule has 1 aromatic carbocycles. The maximum absolute atomic E-state index is 12.4. The van der Waals surface area contributed by atoms with Crippen molar-refractivity contribution in [1.82, 2.24) is 0 Å². The molecule has 0 saturated carbocycles. The summed E-state index contributed by atoms with van der Waals surface area (Å²) in [6.07, 6.45) is 0. The van der Waals surface area contributed by atoms with E-state index in [1.165, 1.54) is 16.2 Å². The number of nitrogen functional groups attached to an aromatic ring is 1. The van der Waals surface area contributed by atoms with E-state index in [-0.39, 0.29) is 11.2 Å². The Morgan fingerprint density at radius 2 is 1.89 bits per heavy atom. The quantitative estimate of drug-likeness (QED) is 0.654. The highest BCUT2D eigenvalue weighted by Gasteiger charge is 2.20. The van der Waals surface area contributed by atoms with Crippen LogP contribution < -0.4 is 5.73 Å². The lowest BCUT2D eigenvalue weighted by molar-refractivity contribution is 0.104. The van der Waals surface area contributed by atoms with Crippen LogP contribution >= 0.6 is 22.9 Å². The number of para-hydroxylation sites is 1. The highest BCUT2D eigenvalue weighted by atomic mass is 35.5. The Kier molecular flexibility index (Phi) is 3.70. The Labute approximate surface area is 122 Å². The van der Waals surface area contributed by atoms with Crippen molar-refractivity contribution in [3.05, 3.63) is 50.7 Å². The summed E-state index contributed by atoms with van der Waals surface area (Å²) in [6.45, 7) is 6.38. The number of carbonyl (C=O) groups excluding carboxylic acids is 1. The number of hydrogen-bond donors (Lipinski definition) is 1. The van der Waals surface area contributed by atoms with Gasteiger partial charge in [-0.25, -0.2) is 0 Å². The fourth-order valence-corrected chi connectivity index (χ4v) is 2.92. The van der Waals surface area contributed by atoms with Crippen molar-refractivity contribution < 1.29 is 4.79 Å². The molecule has 0 fully saturated rings. The summed E-state index contributed by atoms with van der Waals surface area (Å²) < 4.78 is 0. The second kappa shape index (κ2) is 4.99. The maximum Gasteiger partial charge on any atom is 0.205 e. The topological polar surface area (TPSA) is 43.1 Å². The third-order valence-electron chi connectivity index (χ3n) is 2.87. The van der Waals surface area contributed by atoms with Gasteiger partial charge in [0.1, 0.15) is 0 Å². The van der Waals surface area contributed by atoms with Crippen LogP contribution in [0.25, 0.3) is 0 Å². The third-order valence-corrected chi connectivity index (χ3v) is 4.71. The number of ketones is 1. The zero-order valence-corrected chi connectivity index (χ0v) is 12.7. The summed E-state index contributed by atoms with van der Waals surface area (Å²) in [6, 6.07) is 8.99. The first-order valence-corrected chi connectivity index (χ1v) is 7.19. The van der Waals surface area contributed by atoms with Gasteiger partial charge in [0, 0.05) is 10.4 Å². The molecule has 2 aromatic rings. The van der Waals surface area contributed by atoms with E-state index in [2.05, 4.69) is 20.8 Å². The molecule has 0 aliphatic carbocycles. The Bertz CT molecular complexity index is 625. The van der Waals surface area contributed by atoms with Crippen LogP contribution in [0.4, 0.5) is 5.69 Å². The largest absolute Gasteiger partial charge is 0.397 e. The van der Waals surface area contributed by atoms with Crippen LogP contribution in [0, 0.1) is 0 Å². The van der Waals surface area contributed by atoms with Gasteiger partial charge in [0.25, 0.3) is 0 Å². The van der Waals surface area contributed by atoms with E-state index in [1.54, 1.807) is 18.2 Å². The van der Waals surface area contributed by atoms with E-state index in [0.717, 1.165) is 0 Å². The summed E-state index contributed by atoms with van der Waals surface area (Å²) >= 11 is 7.46. The molecule has 100 valence electrons. The summed E-state index contributed by atoms with van der Waals surface area (Å²) in [5, 5.41) is 0.415. The van der Waals surface area contributed by atoms with Crippen LogP contribution in [0.5, 0.6) is 0 Å². The van der Waals surface area contributed by atoms with Gasteiger partial charge < -0.3 is 5.73 Å². The van der Waals surface area contributed by atoms with Gasteiger partial charge in [0.15, 0.2) is 0 Å². The van der Waals surface area contributed by atoms with Gasteiger partial charge in [0.05, 0.1) is 15.6 Å². The molecule has 4 heteroatoms. The molecule has 19 heavy (non-hydrogen) atoms. The molecule has 0 atom stereocenters. The van der Waals surface area contributed by atoms with E-state index in [1.807, 2.05) is 12.1 Å². The van der Waals surface area contributed by atoms with Gasteiger partial charge in [-0.3, -0.25) is 4.79 Å². The molecule has 1 heterocycles. The number of thiophene rings is 1. The molecule has 2 N–H and O–H groups in total. The average Bonchev–Trinajstić information content (AvgIpc) is 2.81. The lowest BCUT2D eigenvalue weighted by atomic mass is 9.95. The molecule has 0 unspecified atom stereocenters. The zero-order chi connectivity index (χ0) is 14.2. The van der Waals surface area contributed by atoms with Crippen LogP contribution in [0.3, 0.4) is 0 Å². The molecule has 0 bridgehead atoms. The number of rotatable bonds is 2. The van der Waals surface area contributed by atoms with E-state index in [9.17, 15) is 4.79 Å². The molecular weight excluding hydrogens is 278 g/mol. The van der Waals surface area contributed by atoms with Gasteiger partial charge in [-0.05, 0) is 29.7 Å². The fourth-order valence-electron chi connectivity index (χ4n) is 1.73. The molecule has 0 radical (unpaired) electrons. The van der Waals surface area contributed by atoms with E-state index >= 15 is 0 Å². The number of benzene rings is 1. The van der Waals surface area contributed by atoms with Crippen LogP contribution in [0.2, 0.25) is 5.02 Å². The zero-order valence-electron chi connectivity index (χ0n) is 11.2. The lowest BCUT2D eigenvalue weighted by Crippen LogP contribution is -2.08. The van der Waals surface area contributed by atoms with Crippen LogP contribution in [-0.2, 0) is 5.41 Å². The van der Waals surface area contributed by atoms with Crippen molar-refractivity contribution >= 4 is 34.4 Å². The van der Waals surface area contributed by atoms with E-state index in [4.69, 9.17) is 17.3 Å². The molecular formula is C15H16ClNOS. The van der Waals surface area contributed by atoms with Crippen molar-refractivity contribution in [2.45, 2.75) is 26.2 Å². The lowest BCUT2D eigenvalue weighted by Gasteiger charge is -2.15. The summed E-state index contributed by atoms with van der Waals surface area (Å²) in [7, 11) is 0. The molecule has 2 nitrogen and oxygen atoms in total. The second-order valence-electron chi connectivity index (χ2n) is 5.44. The summed E-state index contributed by atoms with van der Waals surface area (Å²) in [4.78, 5) is 14.3. The minimum absolute atomic E-state index is 0.0447. The SMILES string of the molecule is CC(C)(C)c1ccc(C(=O)c2cccc(Cl)c2N)s1. The number of anilines is 1. The number of nitrogens with two attached hydrogens (primary N) is 1. The van der Waals surface area contributed by atoms with Gasteiger partial charge in [0.2, 0.25) is 5.78 Å². The molecule has 0 aliphatic rings. The van der Waals surface area contributed by atoms with Gasteiger partial charge in [-0.15, -0.1) is 11.3 Å². The van der Waals surface area contributed by atoms with Crippen molar-refractivity contribution in [1.29, 1.82) is 0 Å². The number of halogens is 1. The minimum atomic E-state index is -0.0690. The summed E-state index contributed by atoms with van der Waals surface area (Å²) in [5.41, 5.74) is 6.72. The first kappa shape index (κ1) is 14.1. The van der Waals surface area contributed by atoms with E-state index < -0.39 is 0 Å². The Balaban J connectivity index is 2.40. The molecule has 1 aromatic heterocycles. The Morgan fingerprint density at radius 1 is 1.21 bits per heavy atom. The monoisotopic (exact) mass is 293 g/mol. The number of hydrogen-bond acceptors (Lipinski definition) is 3. The predicted octanol–water partition coefficient (Wildman–Crippen LogP) is 4.51.